The van der Waals surface area contributed by atoms with Gasteiger partial charge in [0.1, 0.15) is 10.6 Å². The Morgan fingerprint density at radius 1 is 1.29 bits per heavy atom. The molecule has 0 atom stereocenters. The highest BCUT2D eigenvalue weighted by molar-refractivity contribution is 7.17. The molecule has 0 aliphatic heterocycles. The molecule has 4 nitrogen and oxygen atoms in total. The molecule has 0 saturated carbocycles. The molecule has 2 aromatic rings. The summed E-state index contributed by atoms with van der Waals surface area (Å²) in [6.07, 6.45) is 0.850. The molecule has 0 aliphatic rings. The molecule has 1 aromatic heterocycles. The summed E-state index contributed by atoms with van der Waals surface area (Å²) in [5, 5.41) is 0.523. The quantitative estimate of drug-likeness (QED) is 0.863. The topological polar surface area (TPSA) is 55.6 Å². The van der Waals surface area contributed by atoms with Crippen molar-refractivity contribution in [1.29, 1.82) is 0 Å². The number of ether oxygens (including phenoxy) is 1. The van der Waals surface area contributed by atoms with Gasteiger partial charge in [0.2, 0.25) is 0 Å². The fourth-order valence-electron chi connectivity index (χ4n) is 2.21. The van der Waals surface area contributed by atoms with Crippen LogP contribution in [0.15, 0.2) is 30.3 Å². The van der Waals surface area contributed by atoms with Gasteiger partial charge in [-0.05, 0) is 26.1 Å². The molecule has 112 valence electrons. The van der Waals surface area contributed by atoms with Gasteiger partial charge in [0.05, 0.1) is 7.11 Å². The third-order valence-electron chi connectivity index (χ3n) is 3.25. The van der Waals surface area contributed by atoms with Gasteiger partial charge in [0.15, 0.2) is 0 Å². The molecule has 1 heterocycles. The van der Waals surface area contributed by atoms with Gasteiger partial charge >= 0.3 is 5.97 Å². The van der Waals surface area contributed by atoms with Crippen molar-refractivity contribution >= 4 is 22.3 Å². The second kappa shape index (κ2) is 6.74. The third-order valence-corrected chi connectivity index (χ3v) is 4.33. The van der Waals surface area contributed by atoms with E-state index in [4.69, 9.17) is 10.5 Å². The Hall–Kier alpha value is -1.85. The summed E-state index contributed by atoms with van der Waals surface area (Å²) < 4.78 is 4.90. The van der Waals surface area contributed by atoms with Crippen molar-refractivity contribution in [2.24, 2.45) is 0 Å². The molecule has 1 aromatic carbocycles. The molecule has 21 heavy (non-hydrogen) atoms. The summed E-state index contributed by atoms with van der Waals surface area (Å²) in [6.45, 7) is 0.903. The molecular weight excluding hydrogens is 284 g/mol. The van der Waals surface area contributed by atoms with Crippen LogP contribution < -0.4 is 5.73 Å². The van der Waals surface area contributed by atoms with E-state index in [0.29, 0.717) is 10.6 Å². The van der Waals surface area contributed by atoms with Crippen LogP contribution in [0.25, 0.3) is 11.1 Å². The van der Waals surface area contributed by atoms with Crippen LogP contribution in [0.1, 0.15) is 15.2 Å². The lowest BCUT2D eigenvalue weighted by molar-refractivity contribution is 0.0603. The summed E-state index contributed by atoms with van der Waals surface area (Å²) >= 11 is 1.47. The first-order valence-corrected chi connectivity index (χ1v) is 7.55. The minimum absolute atomic E-state index is 0.376. The SMILES string of the molecule is COC(=O)c1c(N)sc(CCN(C)C)c1-c1ccccc1. The minimum Gasteiger partial charge on any atom is -0.465 e. The molecule has 2 rings (SSSR count). The molecule has 0 amide bonds. The number of nitrogens with zero attached hydrogens (tertiary/aromatic N) is 1. The number of nitrogens with two attached hydrogens (primary N) is 1. The number of methoxy groups -OCH3 is 1. The first-order valence-electron chi connectivity index (χ1n) is 6.74. The number of hydrogen-bond acceptors (Lipinski definition) is 5. The number of anilines is 1. The second-order valence-electron chi connectivity index (χ2n) is 5.05. The lowest BCUT2D eigenvalue weighted by Crippen LogP contribution is -2.15. The fourth-order valence-corrected chi connectivity index (χ4v) is 3.28. The highest BCUT2D eigenvalue weighted by atomic mass is 32.1. The van der Waals surface area contributed by atoms with Crippen LogP contribution in [0.4, 0.5) is 5.00 Å². The number of carbonyl (C=O) groups is 1. The van der Waals surface area contributed by atoms with Crippen molar-refractivity contribution in [2.45, 2.75) is 6.42 Å². The first-order chi connectivity index (χ1) is 10.0. The zero-order valence-electron chi connectivity index (χ0n) is 12.6. The van der Waals surface area contributed by atoms with E-state index in [-0.39, 0.29) is 5.97 Å². The average Bonchev–Trinajstić information content (AvgIpc) is 2.81. The molecule has 0 spiro atoms. The fraction of sp³-hybridized carbons (Fsp3) is 0.312. The summed E-state index contributed by atoms with van der Waals surface area (Å²) in [6, 6.07) is 9.86. The Morgan fingerprint density at radius 2 is 1.95 bits per heavy atom. The Morgan fingerprint density at radius 3 is 2.52 bits per heavy atom. The van der Waals surface area contributed by atoms with E-state index in [0.717, 1.165) is 29.0 Å². The van der Waals surface area contributed by atoms with Crippen LogP contribution in [-0.2, 0) is 11.2 Å². The van der Waals surface area contributed by atoms with E-state index in [2.05, 4.69) is 4.90 Å². The van der Waals surface area contributed by atoms with Crippen LogP contribution in [0, 0.1) is 0 Å². The Balaban J connectivity index is 2.53. The summed E-state index contributed by atoms with van der Waals surface area (Å²) in [4.78, 5) is 15.3. The van der Waals surface area contributed by atoms with Gasteiger partial charge in [0.25, 0.3) is 0 Å². The number of thiophene rings is 1. The van der Waals surface area contributed by atoms with Crippen molar-refractivity contribution in [3.05, 3.63) is 40.8 Å². The van der Waals surface area contributed by atoms with E-state index >= 15 is 0 Å². The molecule has 0 radical (unpaired) electrons. The summed E-state index contributed by atoms with van der Waals surface area (Å²) in [7, 11) is 5.44. The van der Waals surface area contributed by atoms with E-state index in [9.17, 15) is 4.79 Å². The normalized spacial score (nSPS) is 10.9. The van der Waals surface area contributed by atoms with E-state index in [1.807, 2.05) is 44.4 Å². The van der Waals surface area contributed by atoms with Gasteiger partial charge in [-0.3, -0.25) is 0 Å². The molecule has 0 saturated heterocycles. The lowest BCUT2D eigenvalue weighted by Gasteiger charge is -2.10. The number of nitrogen functional groups attached to an aromatic ring is 1. The number of carbonyl (C=O) groups excluding carboxylic acids is 1. The standard InChI is InChI=1S/C16H20N2O2S/c1-18(2)10-9-12-13(11-7-5-4-6-8-11)14(15(17)21-12)16(19)20-3/h4-8H,9-10,17H2,1-3H3. The Kier molecular flexibility index (Phi) is 4.98. The number of esters is 1. The van der Waals surface area contributed by atoms with E-state index in [1.165, 1.54) is 18.4 Å². The maximum Gasteiger partial charge on any atom is 0.341 e. The Labute approximate surface area is 129 Å². The highest BCUT2D eigenvalue weighted by Gasteiger charge is 2.23. The number of hydrogen-bond donors (Lipinski definition) is 1. The molecule has 0 unspecified atom stereocenters. The largest absolute Gasteiger partial charge is 0.465 e. The first kappa shape index (κ1) is 15.5. The van der Waals surface area contributed by atoms with E-state index in [1.54, 1.807) is 0 Å². The van der Waals surface area contributed by atoms with Crippen LogP contribution in [0.3, 0.4) is 0 Å². The van der Waals surface area contributed by atoms with Crippen LogP contribution in [0.5, 0.6) is 0 Å². The number of benzene rings is 1. The van der Waals surface area contributed by atoms with Crippen LogP contribution in [0.2, 0.25) is 0 Å². The maximum absolute atomic E-state index is 12.1. The predicted molar refractivity (Wildman–Crippen MR) is 87.8 cm³/mol. The van der Waals surface area contributed by atoms with Gasteiger partial charge in [-0.15, -0.1) is 11.3 Å². The lowest BCUT2D eigenvalue weighted by atomic mass is 10.00. The van der Waals surface area contributed by atoms with Crippen LogP contribution in [-0.4, -0.2) is 38.6 Å². The van der Waals surface area contributed by atoms with Crippen LogP contribution >= 0.6 is 11.3 Å². The minimum atomic E-state index is -0.376. The highest BCUT2D eigenvalue weighted by Crippen LogP contribution is 2.39. The van der Waals surface area contributed by atoms with E-state index < -0.39 is 0 Å². The Bertz CT molecular complexity index is 621. The van der Waals surface area contributed by atoms with Gasteiger partial charge in [-0.1, -0.05) is 30.3 Å². The smallest absolute Gasteiger partial charge is 0.341 e. The maximum atomic E-state index is 12.1. The molecule has 0 bridgehead atoms. The zero-order valence-corrected chi connectivity index (χ0v) is 13.4. The van der Waals surface area contributed by atoms with Gasteiger partial charge in [0, 0.05) is 17.0 Å². The molecule has 0 fully saturated rings. The van der Waals surface area contributed by atoms with Crippen molar-refractivity contribution in [2.75, 3.05) is 33.5 Å². The third kappa shape index (κ3) is 3.43. The van der Waals surface area contributed by atoms with Crippen molar-refractivity contribution < 1.29 is 9.53 Å². The van der Waals surface area contributed by atoms with Gasteiger partial charge < -0.3 is 15.4 Å². The van der Waals surface area contributed by atoms with Gasteiger partial charge in [-0.25, -0.2) is 4.79 Å². The molecule has 2 N–H and O–H groups in total. The number of likely N-dealkylation sites (N-methyl/N-ethyl adjacent to an activating group) is 1. The molecule has 5 heteroatoms. The second-order valence-corrected chi connectivity index (χ2v) is 6.19. The summed E-state index contributed by atoms with van der Waals surface area (Å²) in [5.74, 6) is -0.376. The average molecular weight is 304 g/mol. The number of rotatable bonds is 5. The zero-order chi connectivity index (χ0) is 15.4. The predicted octanol–water partition coefficient (Wildman–Crippen LogP) is 2.89. The molecule has 0 aliphatic carbocycles. The monoisotopic (exact) mass is 304 g/mol. The van der Waals surface area contributed by atoms with Crippen molar-refractivity contribution in [3.63, 3.8) is 0 Å². The van der Waals surface area contributed by atoms with Crippen molar-refractivity contribution in [1.82, 2.24) is 4.90 Å². The van der Waals surface area contributed by atoms with Crippen molar-refractivity contribution in [3.8, 4) is 11.1 Å². The molecular formula is C16H20N2O2S. The summed E-state index contributed by atoms with van der Waals surface area (Å²) in [5.41, 5.74) is 8.46. The van der Waals surface area contributed by atoms with Gasteiger partial charge in [-0.2, -0.15) is 0 Å².